The molecule has 2 amide bonds. The van der Waals surface area contributed by atoms with Gasteiger partial charge in [0.05, 0.1) is 11.6 Å². The maximum Gasteiger partial charge on any atom is 0.231 e. The largest absolute Gasteiger partial charge is 0.454 e. The van der Waals surface area contributed by atoms with E-state index in [2.05, 4.69) is 19.2 Å². The number of amides is 2. The van der Waals surface area contributed by atoms with Gasteiger partial charge in [0.1, 0.15) is 0 Å². The first kappa shape index (κ1) is 20.9. The zero-order valence-electron chi connectivity index (χ0n) is 17.9. The molecular formula is C24H26N2O5. The number of carbonyl (C=O) groups excluding carboxylic acids is 3. The molecule has 162 valence electrons. The van der Waals surface area contributed by atoms with Crippen LogP contribution in [0.1, 0.15) is 55.5 Å². The molecule has 0 aliphatic carbocycles. The first-order chi connectivity index (χ1) is 14.9. The molecule has 2 atom stereocenters. The lowest BCUT2D eigenvalue weighted by Crippen LogP contribution is -2.29. The summed E-state index contributed by atoms with van der Waals surface area (Å²) in [6.07, 6.45) is 1.08. The Morgan fingerprint density at radius 1 is 1.19 bits per heavy atom. The Morgan fingerprint density at radius 2 is 1.90 bits per heavy atom. The van der Waals surface area contributed by atoms with Crippen LogP contribution in [0.15, 0.2) is 36.4 Å². The standard InChI is InChI=1S/C24H26N2O5/c1-4-14(2)17-7-5-6-8-20(17)26-12-16(9-23(26)28)24(29)25-19-11-22-21(30-13-31-22)10-18(19)15(3)27/h5-8,10-11,14,16H,4,9,12-13H2,1-3H3,(H,25,29). The molecular weight excluding hydrogens is 396 g/mol. The number of hydrogen-bond donors (Lipinski definition) is 1. The molecule has 4 rings (SSSR count). The van der Waals surface area contributed by atoms with Crippen molar-refractivity contribution in [2.24, 2.45) is 5.92 Å². The highest BCUT2D eigenvalue weighted by molar-refractivity contribution is 6.07. The third-order valence-electron chi connectivity index (χ3n) is 6.02. The smallest absolute Gasteiger partial charge is 0.231 e. The minimum Gasteiger partial charge on any atom is -0.454 e. The molecule has 2 heterocycles. The molecule has 31 heavy (non-hydrogen) atoms. The lowest BCUT2D eigenvalue weighted by Gasteiger charge is -2.23. The van der Waals surface area contributed by atoms with E-state index in [1.165, 1.54) is 6.92 Å². The lowest BCUT2D eigenvalue weighted by molar-refractivity contribution is -0.122. The molecule has 0 radical (unpaired) electrons. The van der Waals surface area contributed by atoms with Gasteiger partial charge in [-0.1, -0.05) is 32.0 Å². The SMILES string of the molecule is CCC(C)c1ccccc1N1CC(C(=O)Nc2cc3c(cc2C(C)=O)OCO3)CC1=O. The molecule has 1 fully saturated rings. The number of anilines is 2. The highest BCUT2D eigenvalue weighted by atomic mass is 16.7. The van der Waals surface area contributed by atoms with Crippen molar-refractivity contribution in [3.63, 3.8) is 0 Å². The third kappa shape index (κ3) is 4.00. The molecule has 0 spiro atoms. The van der Waals surface area contributed by atoms with E-state index in [9.17, 15) is 14.4 Å². The van der Waals surface area contributed by atoms with Crippen LogP contribution >= 0.6 is 0 Å². The Morgan fingerprint density at radius 3 is 2.61 bits per heavy atom. The fourth-order valence-corrected chi connectivity index (χ4v) is 4.06. The summed E-state index contributed by atoms with van der Waals surface area (Å²) in [5.41, 5.74) is 2.69. The fourth-order valence-electron chi connectivity index (χ4n) is 4.06. The van der Waals surface area contributed by atoms with Gasteiger partial charge in [0.25, 0.3) is 0 Å². The molecule has 2 aromatic carbocycles. The lowest BCUT2D eigenvalue weighted by atomic mass is 9.96. The molecule has 2 aliphatic heterocycles. The van der Waals surface area contributed by atoms with Crippen LogP contribution in [-0.4, -0.2) is 30.9 Å². The number of ether oxygens (including phenoxy) is 2. The molecule has 0 aromatic heterocycles. The van der Waals surface area contributed by atoms with Crippen LogP contribution in [0.4, 0.5) is 11.4 Å². The zero-order chi connectivity index (χ0) is 22.1. The highest BCUT2D eigenvalue weighted by Crippen LogP contribution is 2.38. The number of benzene rings is 2. The Balaban J connectivity index is 1.55. The number of para-hydroxylation sites is 1. The van der Waals surface area contributed by atoms with Gasteiger partial charge >= 0.3 is 0 Å². The van der Waals surface area contributed by atoms with Crippen LogP contribution in [-0.2, 0) is 9.59 Å². The normalized spacial score (nSPS) is 18.2. The summed E-state index contributed by atoms with van der Waals surface area (Å²) in [6, 6.07) is 11.0. The van der Waals surface area contributed by atoms with Crippen molar-refractivity contribution >= 4 is 29.0 Å². The maximum atomic E-state index is 13.0. The average molecular weight is 422 g/mol. The van der Waals surface area contributed by atoms with Gasteiger partial charge in [-0.25, -0.2) is 0 Å². The van der Waals surface area contributed by atoms with Crippen LogP contribution in [0, 0.1) is 5.92 Å². The minimum absolute atomic E-state index is 0.0752. The van der Waals surface area contributed by atoms with Gasteiger partial charge < -0.3 is 19.7 Å². The van der Waals surface area contributed by atoms with Gasteiger partial charge in [0.2, 0.25) is 18.6 Å². The van der Waals surface area contributed by atoms with Crippen molar-refractivity contribution in [2.75, 3.05) is 23.6 Å². The monoisotopic (exact) mass is 422 g/mol. The van der Waals surface area contributed by atoms with Gasteiger partial charge in [-0.05, 0) is 37.0 Å². The van der Waals surface area contributed by atoms with E-state index >= 15 is 0 Å². The number of ketones is 1. The molecule has 1 saturated heterocycles. The van der Waals surface area contributed by atoms with E-state index in [0.29, 0.717) is 35.2 Å². The van der Waals surface area contributed by atoms with Gasteiger partial charge in [-0.3, -0.25) is 14.4 Å². The summed E-state index contributed by atoms with van der Waals surface area (Å²) in [5.74, 6) is 0.192. The first-order valence-electron chi connectivity index (χ1n) is 10.5. The van der Waals surface area contributed by atoms with Gasteiger partial charge in [0.15, 0.2) is 17.3 Å². The Hall–Kier alpha value is -3.35. The fraction of sp³-hybridized carbons (Fsp3) is 0.375. The van der Waals surface area contributed by atoms with E-state index in [0.717, 1.165) is 17.7 Å². The molecule has 0 saturated carbocycles. The van der Waals surface area contributed by atoms with Crippen molar-refractivity contribution in [3.8, 4) is 11.5 Å². The summed E-state index contributed by atoms with van der Waals surface area (Å²) >= 11 is 0. The van der Waals surface area contributed by atoms with E-state index in [-0.39, 0.29) is 30.8 Å². The molecule has 2 aromatic rings. The quantitative estimate of drug-likeness (QED) is 0.708. The Bertz CT molecular complexity index is 1050. The van der Waals surface area contributed by atoms with Gasteiger partial charge in [-0.15, -0.1) is 0 Å². The number of fused-ring (bicyclic) bond motifs is 1. The second-order valence-electron chi connectivity index (χ2n) is 8.07. The summed E-state index contributed by atoms with van der Waals surface area (Å²) in [7, 11) is 0. The topological polar surface area (TPSA) is 84.9 Å². The number of rotatable bonds is 6. The highest BCUT2D eigenvalue weighted by Gasteiger charge is 2.36. The second kappa shape index (κ2) is 8.41. The Kier molecular flexibility index (Phi) is 5.67. The van der Waals surface area contributed by atoms with E-state index < -0.39 is 5.92 Å². The number of hydrogen-bond acceptors (Lipinski definition) is 5. The molecule has 2 aliphatic rings. The van der Waals surface area contributed by atoms with Crippen molar-refractivity contribution in [1.29, 1.82) is 0 Å². The van der Waals surface area contributed by atoms with Gasteiger partial charge in [0, 0.05) is 30.3 Å². The predicted molar refractivity (Wildman–Crippen MR) is 117 cm³/mol. The van der Waals surface area contributed by atoms with Crippen molar-refractivity contribution in [2.45, 2.75) is 39.5 Å². The van der Waals surface area contributed by atoms with Crippen LogP contribution in [0.5, 0.6) is 11.5 Å². The molecule has 1 N–H and O–H groups in total. The van der Waals surface area contributed by atoms with E-state index in [1.807, 2.05) is 24.3 Å². The number of nitrogens with one attached hydrogen (secondary N) is 1. The van der Waals surface area contributed by atoms with E-state index in [1.54, 1.807) is 17.0 Å². The van der Waals surface area contributed by atoms with E-state index in [4.69, 9.17) is 9.47 Å². The van der Waals surface area contributed by atoms with Crippen molar-refractivity contribution in [3.05, 3.63) is 47.5 Å². The molecule has 7 heteroatoms. The average Bonchev–Trinajstić information content (AvgIpc) is 3.38. The summed E-state index contributed by atoms with van der Waals surface area (Å²) in [5, 5.41) is 2.83. The third-order valence-corrected chi connectivity index (χ3v) is 6.02. The van der Waals surface area contributed by atoms with Crippen LogP contribution < -0.4 is 19.7 Å². The number of carbonyl (C=O) groups is 3. The zero-order valence-corrected chi connectivity index (χ0v) is 17.9. The summed E-state index contributed by atoms with van der Waals surface area (Å²) in [6.45, 7) is 6.05. The summed E-state index contributed by atoms with van der Waals surface area (Å²) in [4.78, 5) is 39.6. The van der Waals surface area contributed by atoms with Crippen LogP contribution in [0.2, 0.25) is 0 Å². The number of nitrogens with zero attached hydrogens (tertiary/aromatic N) is 1. The Labute approximate surface area is 181 Å². The molecule has 0 bridgehead atoms. The molecule has 2 unspecified atom stereocenters. The maximum absolute atomic E-state index is 13.0. The van der Waals surface area contributed by atoms with Crippen molar-refractivity contribution in [1.82, 2.24) is 0 Å². The van der Waals surface area contributed by atoms with Crippen LogP contribution in [0.3, 0.4) is 0 Å². The first-order valence-corrected chi connectivity index (χ1v) is 10.5. The van der Waals surface area contributed by atoms with Crippen LogP contribution in [0.25, 0.3) is 0 Å². The molecule has 7 nitrogen and oxygen atoms in total. The predicted octanol–water partition coefficient (Wildman–Crippen LogP) is 4.12. The second-order valence-corrected chi connectivity index (χ2v) is 8.07. The van der Waals surface area contributed by atoms with Gasteiger partial charge in [-0.2, -0.15) is 0 Å². The van der Waals surface area contributed by atoms with Crippen molar-refractivity contribution < 1.29 is 23.9 Å². The number of Topliss-reactive ketones (excluding diaryl/α,β-unsaturated/α-hetero) is 1. The summed E-state index contributed by atoms with van der Waals surface area (Å²) < 4.78 is 10.7. The minimum atomic E-state index is -0.511.